The van der Waals surface area contributed by atoms with Gasteiger partial charge >= 0.3 is 0 Å². The molecule has 2 aliphatic rings. The number of hydrogen-bond acceptors (Lipinski definition) is 4. The highest BCUT2D eigenvalue weighted by Crippen LogP contribution is 2.42. The van der Waals surface area contributed by atoms with Gasteiger partial charge in [-0.05, 0) is 56.5 Å². The SMILES string of the molecule is CCN(CC)C(=O)[C@@H](c1ccccc1)N1CCC[C@H]1c1ccc2c(c1)OCCCO2. The van der Waals surface area contributed by atoms with Crippen LogP contribution in [0.4, 0.5) is 0 Å². The topological polar surface area (TPSA) is 42.0 Å². The molecule has 0 bridgehead atoms. The molecule has 0 saturated carbocycles. The molecule has 0 aliphatic carbocycles. The summed E-state index contributed by atoms with van der Waals surface area (Å²) in [5.41, 5.74) is 2.26. The number of nitrogens with zero attached hydrogens (tertiary/aromatic N) is 2. The predicted octanol–water partition coefficient (Wildman–Crippen LogP) is 4.59. The van der Waals surface area contributed by atoms with Gasteiger partial charge in [0.25, 0.3) is 0 Å². The van der Waals surface area contributed by atoms with Crippen molar-refractivity contribution >= 4 is 5.91 Å². The van der Waals surface area contributed by atoms with Crippen LogP contribution in [0.2, 0.25) is 0 Å². The van der Waals surface area contributed by atoms with Crippen LogP contribution in [0.15, 0.2) is 48.5 Å². The number of amides is 1. The molecule has 1 fully saturated rings. The number of likely N-dealkylation sites (tertiary alicyclic amines) is 1. The molecule has 2 heterocycles. The first-order chi connectivity index (χ1) is 14.7. The van der Waals surface area contributed by atoms with Gasteiger partial charge in [0.15, 0.2) is 11.5 Å². The van der Waals surface area contributed by atoms with Crippen LogP contribution in [0.25, 0.3) is 0 Å². The summed E-state index contributed by atoms with van der Waals surface area (Å²) in [6, 6.07) is 16.4. The highest BCUT2D eigenvalue weighted by molar-refractivity contribution is 5.83. The summed E-state index contributed by atoms with van der Waals surface area (Å²) in [6.45, 7) is 7.83. The van der Waals surface area contributed by atoms with E-state index in [0.29, 0.717) is 13.2 Å². The second-order valence-electron chi connectivity index (χ2n) is 7.98. The maximum atomic E-state index is 13.6. The Hall–Kier alpha value is -2.53. The van der Waals surface area contributed by atoms with Crippen molar-refractivity contribution in [2.45, 2.75) is 45.2 Å². The molecule has 0 aromatic heterocycles. The lowest BCUT2D eigenvalue weighted by Crippen LogP contribution is -2.42. The maximum Gasteiger partial charge on any atom is 0.244 e. The lowest BCUT2D eigenvalue weighted by Gasteiger charge is -2.36. The van der Waals surface area contributed by atoms with Gasteiger partial charge in [-0.1, -0.05) is 36.4 Å². The summed E-state index contributed by atoms with van der Waals surface area (Å²) in [4.78, 5) is 17.9. The smallest absolute Gasteiger partial charge is 0.244 e. The fourth-order valence-corrected chi connectivity index (χ4v) is 4.66. The minimum atomic E-state index is -0.269. The molecule has 0 N–H and O–H groups in total. The van der Waals surface area contributed by atoms with E-state index in [4.69, 9.17) is 9.47 Å². The molecule has 0 spiro atoms. The summed E-state index contributed by atoms with van der Waals surface area (Å²) in [7, 11) is 0. The van der Waals surface area contributed by atoms with Crippen LogP contribution in [0, 0.1) is 0 Å². The largest absolute Gasteiger partial charge is 0.490 e. The standard InChI is InChI=1S/C25H32N2O3/c1-3-26(4-2)25(28)24(19-10-6-5-7-11-19)27-15-8-12-21(27)20-13-14-22-23(18-20)30-17-9-16-29-22/h5-7,10-11,13-14,18,21,24H,3-4,8-9,12,15-17H2,1-2H3/t21-,24+/m0/s1. The van der Waals surface area contributed by atoms with E-state index in [0.717, 1.165) is 56.0 Å². The Morgan fingerprint density at radius 2 is 1.77 bits per heavy atom. The number of benzene rings is 2. The third-order valence-corrected chi connectivity index (χ3v) is 6.21. The Labute approximate surface area is 179 Å². The van der Waals surface area contributed by atoms with E-state index in [-0.39, 0.29) is 18.0 Å². The fraction of sp³-hybridized carbons (Fsp3) is 0.480. The number of carbonyl (C=O) groups excluding carboxylic acids is 1. The number of hydrogen-bond donors (Lipinski definition) is 0. The van der Waals surface area contributed by atoms with Gasteiger partial charge in [-0.3, -0.25) is 9.69 Å². The van der Waals surface area contributed by atoms with Gasteiger partial charge in [0.05, 0.1) is 13.2 Å². The Morgan fingerprint density at radius 3 is 2.50 bits per heavy atom. The van der Waals surface area contributed by atoms with Crippen molar-refractivity contribution < 1.29 is 14.3 Å². The third-order valence-electron chi connectivity index (χ3n) is 6.21. The van der Waals surface area contributed by atoms with Crippen molar-refractivity contribution in [2.24, 2.45) is 0 Å². The molecule has 0 unspecified atom stereocenters. The molecule has 30 heavy (non-hydrogen) atoms. The molecule has 0 radical (unpaired) electrons. The third kappa shape index (κ3) is 4.17. The predicted molar refractivity (Wildman–Crippen MR) is 118 cm³/mol. The molecule has 2 atom stereocenters. The van der Waals surface area contributed by atoms with Crippen LogP contribution >= 0.6 is 0 Å². The highest BCUT2D eigenvalue weighted by atomic mass is 16.5. The zero-order valence-electron chi connectivity index (χ0n) is 18.0. The molecule has 1 saturated heterocycles. The quantitative estimate of drug-likeness (QED) is 0.701. The fourth-order valence-electron chi connectivity index (χ4n) is 4.66. The average Bonchev–Trinajstić information content (AvgIpc) is 3.13. The Kier molecular flexibility index (Phi) is 6.58. The minimum absolute atomic E-state index is 0.187. The van der Waals surface area contributed by atoms with Crippen molar-refractivity contribution in [2.75, 3.05) is 32.8 Å². The molecule has 1 amide bonds. The lowest BCUT2D eigenvalue weighted by molar-refractivity contribution is -0.137. The molecule has 4 rings (SSSR count). The summed E-state index contributed by atoms with van der Waals surface area (Å²) in [5, 5.41) is 0. The molecule has 5 nitrogen and oxygen atoms in total. The van der Waals surface area contributed by atoms with Crippen molar-refractivity contribution in [3.05, 3.63) is 59.7 Å². The van der Waals surface area contributed by atoms with E-state index in [1.807, 2.05) is 29.2 Å². The van der Waals surface area contributed by atoms with Gasteiger partial charge < -0.3 is 14.4 Å². The van der Waals surface area contributed by atoms with Gasteiger partial charge in [-0.2, -0.15) is 0 Å². The maximum absolute atomic E-state index is 13.6. The number of ether oxygens (including phenoxy) is 2. The summed E-state index contributed by atoms with van der Waals surface area (Å²) >= 11 is 0. The minimum Gasteiger partial charge on any atom is -0.490 e. The zero-order valence-corrected chi connectivity index (χ0v) is 18.0. The average molecular weight is 409 g/mol. The molecule has 160 valence electrons. The van der Waals surface area contributed by atoms with Crippen LogP contribution in [0.1, 0.15) is 56.3 Å². The second kappa shape index (κ2) is 9.52. The summed E-state index contributed by atoms with van der Waals surface area (Å²) in [5.74, 6) is 1.83. The molecular weight excluding hydrogens is 376 g/mol. The number of carbonyl (C=O) groups is 1. The van der Waals surface area contributed by atoms with E-state index in [1.54, 1.807) is 0 Å². The molecule has 2 aliphatic heterocycles. The first-order valence-electron chi connectivity index (χ1n) is 11.2. The molecular formula is C25H32N2O3. The van der Waals surface area contributed by atoms with Crippen LogP contribution < -0.4 is 9.47 Å². The number of fused-ring (bicyclic) bond motifs is 1. The van der Waals surface area contributed by atoms with Crippen molar-refractivity contribution in [3.63, 3.8) is 0 Å². The zero-order chi connectivity index (χ0) is 20.9. The van der Waals surface area contributed by atoms with Crippen molar-refractivity contribution in [1.29, 1.82) is 0 Å². The molecule has 2 aromatic rings. The number of rotatable bonds is 6. The highest BCUT2D eigenvalue weighted by Gasteiger charge is 2.38. The van der Waals surface area contributed by atoms with E-state index in [9.17, 15) is 4.79 Å². The Balaban J connectivity index is 1.68. The Morgan fingerprint density at radius 1 is 1.03 bits per heavy atom. The monoisotopic (exact) mass is 408 g/mol. The van der Waals surface area contributed by atoms with E-state index in [2.05, 4.69) is 43.0 Å². The van der Waals surface area contributed by atoms with Crippen LogP contribution in [0.5, 0.6) is 11.5 Å². The normalized spacial score (nSPS) is 19.9. The van der Waals surface area contributed by atoms with Gasteiger partial charge in [0, 0.05) is 25.6 Å². The van der Waals surface area contributed by atoms with E-state index >= 15 is 0 Å². The van der Waals surface area contributed by atoms with Gasteiger partial charge in [-0.15, -0.1) is 0 Å². The summed E-state index contributed by atoms with van der Waals surface area (Å²) < 4.78 is 11.7. The molecule has 5 heteroatoms. The van der Waals surface area contributed by atoms with E-state index in [1.165, 1.54) is 5.56 Å². The van der Waals surface area contributed by atoms with Crippen molar-refractivity contribution in [3.8, 4) is 11.5 Å². The van der Waals surface area contributed by atoms with E-state index < -0.39 is 0 Å². The first kappa shape index (κ1) is 20.7. The van der Waals surface area contributed by atoms with Crippen molar-refractivity contribution in [1.82, 2.24) is 9.80 Å². The summed E-state index contributed by atoms with van der Waals surface area (Å²) in [6.07, 6.45) is 3.01. The Bertz CT molecular complexity index is 851. The van der Waals surface area contributed by atoms with Gasteiger partial charge in [0.2, 0.25) is 5.91 Å². The molecule has 2 aromatic carbocycles. The van der Waals surface area contributed by atoms with Gasteiger partial charge in [-0.25, -0.2) is 0 Å². The second-order valence-corrected chi connectivity index (χ2v) is 7.98. The number of likely N-dealkylation sites (N-methyl/N-ethyl adjacent to an activating group) is 1. The van der Waals surface area contributed by atoms with Crippen LogP contribution in [-0.2, 0) is 4.79 Å². The first-order valence-corrected chi connectivity index (χ1v) is 11.2. The lowest BCUT2D eigenvalue weighted by atomic mass is 9.98. The van der Waals surface area contributed by atoms with Gasteiger partial charge in [0.1, 0.15) is 6.04 Å². The van der Waals surface area contributed by atoms with Crippen LogP contribution in [0.3, 0.4) is 0 Å². The van der Waals surface area contributed by atoms with Crippen LogP contribution in [-0.4, -0.2) is 48.6 Å².